The molecular weight excluding hydrogens is 180 g/mol. The van der Waals surface area contributed by atoms with Crippen LogP contribution in [0, 0.1) is 0 Å². The summed E-state index contributed by atoms with van der Waals surface area (Å²) in [5.74, 6) is -0.0382. The first-order valence-corrected chi connectivity index (χ1v) is 5.39. The normalized spacial score (nSPS) is 31.5. The smallest absolute Gasteiger partial charge is 0.264 e. The van der Waals surface area contributed by atoms with E-state index in [1.54, 1.807) is 7.05 Å². The fraction of sp³-hybridized carbons (Fsp3) is 0.900. The molecule has 1 unspecified atom stereocenters. The molecule has 0 aromatic rings. The minimum atomic E-state index is -0.457. The lowest BCUT2D eigenvalue weighted by molar-refractivity contribution is -0.171. The van der Waals surface area contributed by atoms with E-state index < -0.39 is 6.23 Å². The average molecular weight is 198 g/mol. The van der Waals surface area contributed by atoms with Crippen LogP contribution in [0.1, 0.15) is 32.1 Å². The van der Waals surface area contributed by atoms with Crippen LogP contribution in [-0.4, -0.2) is 31.3 Å². The van der Waals surface area contributed by atoms with Gasteiger partial charge in [0, 0.05) is 6.54 Å². The zero-order chi connectivity index (χ0) is 10.0. The molecule has 2 fully saturated rings. The first-order valence-electron chi connectivity index (χ1n) is 5.39. The van der Waals surface area contributed by atoms with Crippen molar-refractivity contribution in [1.82, 2.24) is 10.6 Å². The monoisotopic (exact) mass is 198 g/mol. The number of hydrogen-bond acceptors (Lipinski definition) is 3. The largest absolute Gasteiger partial charge is 0.350 e. The maximum atomic E-state index is 11.4. The summed E-state index contributed by atoms with van der Waals surface area (Å²) >= 11 is 0. The van der Waals surface area contributed by atoms with Crippen LogP contribution in [0.25, 0.3) is 0 Å². The maximum Gasteiger partial charge on any atom is 0.264 e. The van der Waals surface area contributed by atoms with Crippen molar-refractivity contribution in [2.45, 2.75) is 43.9 Å². The zero-order valence-corrected chi connectivity index (χ0v) is 8.64. The number of ether oxygens (including phenoxy) is 1. The number of rotatable bonds is 1. The number of carbonyl (C=O) groups is 1. The van der Waals surface area contributed by atoms with E-state index in [2.05, 4.69) is 10.6 Å². The van der Waals surface area contributed by atoms with Gasteiger partial charge in [0.25, 0.3) is 5.91 Å². The topological polar surface area (TPSA) is 50.4 Å². The van der Waals surface area contributed by atoms with Crippen molar-refractivity contribution in [2.75, 3.05) is 13.6 Å². The average Bonchev–Trinajstić information content (AvgIpc) is 2.23. The predicted molar refractivity (Wildman–Crippen MR) is 52.8 cm³/mol. The van der Waals surface area contributed by atoms with Gasteiger partial charge in [0.1, 0.15) is 0 Å². The number of morpholine rings is 1. The van der Waals surface area contributed by atoms with Crippen LogP contribution in [-0.2, 0) is 9.53 Å². The molecule has 0 aromatic heterocycles. The van der Waals surface area contributed by atoms with Crippen LogP contribution < -0.4 is 10.6 Å². The van der Waals surface area contributed by atoms with Gasteiger partial charge in [-0.05, 0) is 19.9 Å². The highest BCUT2D eigenvalue weighted by Crippen LogP contribution is 2.33. The highest BCUT2D eigenvalue weighted by molar-refractivity contribution is 5.81. The van der Waals surface area contributed by atoms with E-state index >= 15 is 0 Å². The summed E-state index contributed by atoms with van der Waals surface area (Å²) in [5, 5.41) is 5.81. The van der Waals surface area contributed by atoms with Crippen LogP contribution in [0.2, 0.25) is 0 Å². The molecule has 4 nitrogen and oxygen atoms in total. The first-order chi connectivity index (χ1) is 6.76. The third kappa shape index (κ3) is 1.77. The molecule has 1 aliphatic heterocycles. The van der Waals surface area contributed by atoms with Crippen molar-refractivity contribution in [3.8, 4) is 0 Å². The molecule has 1 aliphatic carbocycles. The van der Waals surface area contributed by atoms with Gasteiger partial charge in [0.15, 0.2) is 6.23 Å². The molecule has 1 atom stereocenters. The minimum Gasteiger partial charge on any atom is -0.350 e. The SMILES string of the molecule is CNC1OC2(CCCCC2)CNC1=O. The van der Waals surface area contributed by atoms with Gasteiger partial charge in [-0.2, -0.15) is 0 Å². The van der Waals surface area contributed by atoms with Gasteiger partial charge in [-0.25, -0.2) is 0 Å². The number of amides is 1. The molecule has 2 aliphatic rings. The fourth-order valence-corrected chi connectivity index (χ4v) is 2.37. The van der Waals surface area contributed by atoms with E-state index in [1.807, 2.05) is 0 Å². The molecule has 1 spiro atoms. The third-order valence-electron chi connectivity index (χ3n) is 3.22. The molecule has 0 bridgehead atoms. The molecule has 1 amide bonds. The van der Waals surface area contributed by atoms with Crippen molar-refractivity contribution in [1.29, 1.82) is 0 Å². The van der Waals surface area contributed by atoms with Gasteiger partial charge in [-0.15, -0.1) is 0 Å². The van der Waals surface area contributed by atoms with Crippen molar-refractivity contribution in [2.24, 2.45) is 0 Å². The van der Waals surface area contributed by atoms with Crippen molar-refractivity contribution in [3.63, 3.8) is 0 Å². The Hall–Kier alpha value is -0.610. The molecule has 0 aromatic carbocycles. The standard InChI is InChI=1S/C10H18N2O2/c1-11-9-8(13)12-7-10(14-9)5-3-2-4-6-10/h9,11H,2-7H2,1H3,(H,12,13). The molecule has 2 rings (SSSR count). The van der Waals surface area contributed by atoms with Crippen LogP contribution in [0.4, 0.5) is 0 Å². The van der Waals surface area contributed by atoms with Gasteiger partial charge >= 0.3 is 0 Å². The lowest BCUT2D eigenvalue weighted by atomic mass is 9.84. The Morgan fingerprint density at radius 3 is 2.79 bits per heavy atom. The van der Waals surface area contributed by atoms with Crippen LogP contribution in [0.15, 0.2) is 0 Å². The van der Waals surface area contributed by atoms with E-state index in [1.165, 1.54) is 19.3 Å². The quantitative estimate of drug-likeness (QED) is 0.640. The van der Waals surface area contributed by atoms with E-state index in [0.29, 0.717) is 6.54 Å². The second kappa shape index (κ2) is 3.87. The highest BCUT2D eigenvalue weighted by Gasteiger charge is 2.41. The summed E-state index contributed by atoms with van der Waals surface area (Å²) in [6.07, 6.45) is 5.42. The summed E-state index contributed by atoms with van der Waals surface area (Å²) in [6.45, 7) is 0.685. The van der Waals surface area contributed by atoms with Gasteiger partial charge in [-0.1, -0.05) is 19.3 Å². The van der Waals surface area contributed by atoms with E-state index in [0.717, 1.165) is 12.8 Å². The summed E-state index contributed by atoms with van der Waals surface area (Å²) in [6, 6.07) is 0. The Kier molecular flexibility index (Phi) is 2.74. The first kappa shape index (κ1) is 9.93. The minimum absolute atomic E-state index is 0.0382. The lowest BCUT2D eigenvalue weighted by Crippen LogP contribution is -2.61. The van der Waals surface area contributed by atoms with E-state index in [-0.39, 0.29) is 11.5 Å². The molecule has 1 saturated carbocycles. The van der Waals surface area contributed by atoms with Crippen molar-refractivity contribution < 1.29 is 9.53 Å². The molecule has 2 N–H and O–H groups in total. The summed E-state index contributed by atoms with van der Waals surface area (Å²) in [4.78, 5) is 11.4. The molecule has 1 heterocycles. The molecule has 0 radical (unpaired) electrons. The van der Waals surface area contributed by atoms with Gasteiger partial charge in [0.05, 0.1) is 5.60 Å². The van der Waals surface area contributed by atoms with Gasteiger partial charge in [-0.3, -0.25) is 10.1 Å². The summed E-state index contributed by atoms with van der Waals surface area (Å²) in [5.41, 5.74) is -0.0835. The second-order valence-electron chi connectivity index (χ2n) is 4.25. The number of nitrogens with one attached hydrogen (secondary N) is 2. The Bertz CT molecular complexity index is 224. The Morgan fingerprint density at radius 1 is 1.43 bits per heavy atom. The number of likely N-dealkylation sites (N-methyl/N-ethyl adjacent to an activating group) is 1. The maximum absolute atomic E-state index is 11.4. The van der Waals surface area contributed by atoms with Gasteiger partial charge < -0.3 is 10.1 Å². The molecule has 1 saturated heterocycles. The van der Waals surface area contributed by atoms with E-state index in [9.17, 15) is 4.79 Å². The Morgan fingerprint density at radius 2 is 2.14 bits per heavy atom. The Balaban J connectivity index is 2.03. The summed E-state index contributed by atoms with van der Waals surface area (Å²) in [7, 11) is 1.76. The van der Waals surface area contributed by atoms with E-state index in [4.69, 9.17) is 4.74 Å². The van der Waals surface area contributed by atoms with Crippen LogP contribution in [0.3, 0.4) is 0 Å². The number of carbonyl (C=O) groups excluding carboxylic acids is 1. The Labute approximate surface area is 84.4 Å². The zero-order valence-electron chi connectivity index (χ0n) is 8.64. The lowest BCUT2D eigenvalue weighted by Gasteiger charge is -2.43. The molecule has 14 heavy (non-hydrogen) atoms. The van der Waals surface area contributed by atoms with Crippen LogP contribution >= 0.6 is 0 Å². The van der Waals surface area contributed by atoms with Crippen LogP contribution in [0.5, 0.6) is 0 Å². The highest BCUT2D eigenvalue weighted by atomic mass is 16.5. The van der Waals surface area contributed by atoms with Crippen molar-refractivity contribution >= 4 is 5.91 Å². The molecule has 80 valence electrons. The van der Waals surface area contributed by atoms with Crippen molar-refractivity contribution in [3.05, 3.63) is 0 Å². The fourth-order valence-electron chi connectivity index (χ4n) is 2.37. The second-order valence-corrected chi connectivity index (χ2v) is 4.25. The van der Waals surface area contributed by atoms with Gasteiger partial charge in [0.2, 0.25) is 0 Å². The predicted octanol–water partition coefficient (Wildman–Crippen LogP) is 0.381. The summed E-state index contributed by atoms with van der Waals surface area (Å²) < 4.78 is 5.85. The molecule has 4 heteroatoms. The number of hydrogen-bond donors (Lipinski definition) is 2. The molecular formula is C10H18N2O2. The third-order valence-corrected chi connectivity index (χ3v) is 3.22.